The summed E-state index contributed by atoms with van der Waals surface area (Å²) in [6, 6.07) is 5.14. The zero-order valence-corrected chi connectivity index (χ0v) is 16.0. The minimum atomic E-state index is -0.514. The van der Waals surface area contributed by atoms with Crippen molar-refractivity contribution in [2.75, 3.05) is 20.1 Å². The number of carbonyl (C=O) groups excluding carboxylic acids is 2. The summed E-state index contributed by atoms with van der Waals surface area (Å²) < 4.78 is 10.9. The van der Waals surface area contributed by atoms with E-state index in [-0.39, 0.29) is 18.2 Å². The standard InChI is InChI=1S/C19H26N4O4/c1-4-14-9-16(27-21-14)11-22(3)18(24)10-17-19(25)20-7-8-23(17)12-15-6-5-13(2)26-15/h5-6,9,17H,4,7-8,10-12H2,1-3H3,(H,20,25)/t17-/m0/s1. The van der Waals surface area contributed by atoms with E-state index in [0.29, 0.717) is 31.9 Å². The lowest BCUT2D eigenvalue weighted by molar-refractivity contribution is -0.138. The highest BCUT2D eigenvalue weighted by Gasteiger charge is 2.33. The third-order valence-corrected chi connectivity index (χ3v) is 4.75. The Morgan fingerprint density at radius 1 is 1.41 bits per heavy atom. The number of furan rings is 1. The summed E-state index contributed by atoms with van der Waals surface area (Å²) in [7, 11) is 1.71. The first-order valence-electron chi connectivity index (χ1n) is 9.21. The van der Waals surface area contributed by atoms with Crippen LogP contribution < -0.4 is 5.32 Å². The van der Waals surface area contributed by atoms with Crippen molar-refractivity contribution < 1.29 is 18.5 Å². The third kappa shape index (κ3) is 4.77. The number of amides is 2. The van der Waals surface area contributed by atoms with Crippen molar-refractivity contribution >= 4 is 11.8 Å². The maximum atomic E-state index is 12.7. The molecule has 0 radical (unpaired) electrons. The first-order valence-corrected chi connectivity index (χ1v) is 9.21. The van der Waals surface area contributed by atoms with Gasteiger partial charge in [0.05, 0.1) is 31.2 Å². The lowest BCUT2D eigenvalue weighted by Crippen LogP contribution is -2.56. The SMILES string of the molecule is CCc1cc(CN(C)C(=O)C[C@H]2C(=O)NCCN2Cc2ccc(C)o2)on1. The maximum absolute atomic E-state index is 12.7. The monoisotopic (exact) mass is 374 g/mol. The van der Waals surface area contributed by atoms with E-state index in [1.54, 1.807) is 11.9 Å². The van der Waals surface area contributed by atoms with Gasteiger partial charge >= 0.3 is 0 Å². The molecule has 1 aliphatic heterocycles. The number of nitrogens with zero attached hydrogens (tertiary/aromatic N) is 3. The summed E-state index contributed by atoms with van der Waals surface area (Å²) in [4.78, 5) is 28.6. The molecule has 2 amide bonds. The molecule has 0 bridgehead atoms. The molecule has 1 atom stereocenters. The fraction of sp³-hybridized carbons (Fsp3) is 0.526. The minimum Gasteiger partial charge on any atom is -0.465 e. The van der Waals surface area contributed by atoms with Crippen LogP contribution in [0, 0.1) is 6.92 Å². The number of carbonyl (C=O) groups is 2. The zero-order chi connectivity index (χ0) is 19.4. The van der Waals surface area contributed by atoms with Gasteiger partial charge < -0.3 is 19.2 Å². The molecular formula is C19H26N4O4. The Morgan fingerprint density at radius 3 is 2.89 bits per heavy atom. The average Bonchev–Trinajstić information content (AvgIpc) is 3.26. The molecule has 1 N–H and O–H groups in total. The molecule has 146 valence electrons. The number of nitrogens with one attached hydrogen (secondary N) is 1. The Labute approximate surface area is 158 Å². The number of hydrogen-bond donors (Lipinski definition) is 1. The second-order valence-electron chi connectivity index (χ2n) is 6.88. The predicted octanol–water partition coefficient (Wildman–Crippen LogP) is 1.49. The normalized spacial score (nSPS) is 17.7. The van der Waals surface area contributed by atoms with Gasteiger partial charge in [-0.1, -0.05) is 12.1 Å². The summed E-state index contributed by atoms with van der Waals surface area (Å²) in [5, 5.41) is 6.79. The van der Waals surface area contributed by atoms with Crippen molar-refractivity contribution in [2.45, 2.75) is 45.8 Å². The Hall–Kier alpha value is -2.61. The van der Waals surface area contributed by atoms with E-state index in [2.05, 4.69) is 10.5 Å². The van der Waals surface area contributed by atoms with Crippen LogP contribution in [0.4, 0.5) is 0 Å². The molecule has 1 fully saturated rings. The average molecular weight is 374 g/mol. The van der Waals surface area contributed by atoms with E-state index in [9.17, 15) is 9.59 Å². The number of rotatable bonds is 7. The summed E-state index contributed by atoms with van der Waals surface area (Å²) in [5.74, 6) is 2.02. The molecule has 0 aliphatic carbocycles. The minimum absolute atomic E-state index is 0.108. The van der Waals surface area contributed by atoms with Crippen molar-refractivity contribution in [1.82, 2.24) is 20.3 Å². The highest BCUT2D eigenvalue weighted by atomic mass is 16.5. The Kier molecular flexibility index (Phi) is 5.95. The van der Waals surface area contributed by atoms with E-state index in [1.165, 1.54) is 0 Å². The van der Waals surface area contributed by atoms with E-state index in [0.717, 1.165) is 23.6 Å². The van der Waals surface area contributed by atoms with Gasteiger partial charge in [-0.15, -0.1) is 0 Å². The fourth-order valence-electron chi connectivity index (χ4n) is 3.18. The van der Waals surface area contributed by atoms with Crippen LogP contribution in [-0.4, -0.2) is 52.9 Å². The topological polar surface area (TPSA) is 91.8 Å². The summed E-state index contributed by atoms with van der Waals surface area (Å²) in [6.07, 6.45) is 0.890. The molecule has 1 aliphatic rings. The third-order valence-electron chi connectivity index (χ3n) is 4.75. The van der Waals surface area contributed by atoms with Gasteiger partial charge in [0.2, 0.25) is 11.8 Å². The molecule has 3 rings (SSSR count). The Balaban J connectivity index is 1.62. The first-order chi connectivity index (χ1) is 13.0. The van der Waals surface area contributed by atoms with Gasteiger partial charge in [-0.3, -0.25) is 14.5 Å². The lowest BCUT2D eigenvalue weighted by atomic mass is 10.1. The zero-order valence-electron chi connectivity index (χ0n) is 16.0. The van der Waals surface area contributed by atoms with E-state index in [4.69, 9.17) is 8.94 Å². The van der Waals surface area contributed by atoms with Crippen LogP contribution in [0.5, 0.6) is 0 Å². The molecule has 0 aromatic carbocycles. The molecule has 0 unspecified atom stereocenters. The fourth-order valence-corrected chi connectivity index (χ4v) is 3.18. The van der Waals surface area contributed by atoms with Crippen LogP contribution in [-0.2, 0) is 29.1 Å². The molecule has 0 saturated carbocycles. The molecule has 8 nitrogen and oxygen atoms in total. The van der Waals surface area contributed by atoms with Crippen molar-refractivity contribution in [3.8, 4) is 0 Å². The molecule has 2 aromatic heterocycles. The molecule has 2 aromatic rings. The summed E-state index contributed by atoms with van der Waals surface area (Å²) in [5.41, 5.74) is 0.859. The number of aryl methyl sites for hydroxylation is 2. The van der Waals surface area contributed by atoms with Gasteiger partial charge in [-0.05, 0) is 25.5 Å². The highest BCUT2D eigenvalue weighted by Crippen LogP contribution is 2.17. The van der Waals surface area contributed by atoms with Gasteiger partial charge in [0.15, 0.2) is 5.76 Å². The van der Waals surface area contributed by atoms with Crippen molar-refractivity contribution in [1.29, 1.82) is 0 Å². The van der Waals surface area contributed by atoms with Crippen LogP contribution in [0.15, 0.2) is 27.1 Å². The first kappa shape index (κ1) is 19.2. The Morgan fingerprint density at radius 2 is 2.22 bits per heavy atom. The van der Waals surface area contributed by atoms with Gasteiger partial charge in [0.1, 0.15) is 11.5 Å². The van der Waals surface area contributed by atoms with Crippen molar-refractivity contribution in [3.05, 3.63) is 41.2 Å². The van der Waals surface area contributed by atoms with Crippen LogP contribution in [0.2, 0.25) is 0 Å². The van der Waals surface area contributed by atoms with Crippen LogP contribution in [0.3, 0.4) is 0 Å². The van der Waals surface area contributed by atoms with Crippen molar-refractivity contribution in [3.63, 3.8) is 0 Å². The number of hydrogen-bond acceptors (Lipinski definition) is 6. The molecule has 8 heteroatoms. The van der Waals surface area contributed by atoms with E-state index < -0.39 is 6.04 Å². The quantitative estimate of drug-likeness (QED) is 0.789. The van der Waals surface area contributed by atoms with Gasteiger partial charge in [0, 0.05) is 26.2 Å². The van der Waals surface area contributed by atoms with Crippen LogP contribution in [0.25, 0.3) is 0 Å². The second-order valence-corrected chi connectivity index (χ2v) is 6.88. The second kappa shape index (κ2) is 8.39. The molecule has 1 saturated heterocycles. The van der Waals surface area contributed by atoms with E-state index >= 15 is 0 Å². The smallest absolute Gasteiger partial charge is 0.237 e. The van der Waals surface area contributed by atoms with Crippen LogP contribution in [0.1, 0.15) is 36.3 Å². The predicted molar refractivity (Wildman–Crippen MR) is 97.6 cm³/mol. The molecule has 27 heavy (non-hydrogen) atoms. The Bertz CT molecular complexity index is 797. The summed E-state index contributed by atoms with van der Waals surface area (Å²) >= 11 is 0. The summed E-state index contributed by atoms with van der Waals surface area (Å²) in [6.45, 7) is 5.96. The lowest BCUT2D eigenvalue weighted by Gasteiger charge is -2.34. The van der Waals surface area contributed by atoms with Gasteiger partial charge in [0.25, 0.3) is 0 Å². The number of piperazine rings is 1. The maximum Gasteiger partial charge on any atom is 0.237 e. The van der Waals surface area contributed by atoms with Crippen molar-refractivity contribution in [2.24, 2.45) is 0 Å². The molecular weight excluding hydrogens is 348 g/mol. The molecule has 0 spiro atoms. The molecule has 3 heterocycles. The van der Waals surface area contributed by atoms with Crippen LogP contribution >= 0.6 is 0 Å². The van der Waals surface area contributed by atoms with E-state index in [1.807, 2.05) is 36.9 Å². The van der Waals surface area contributed by atoms with Gasteiger partial charge in [-0.2, -0.15) is 0 Å². The highest BCUT2D eigenvalue weighted by molar-refractivity contribution is 5.88. The van der Waals surface area contributed by atoms with Gasteiger partial charge in [-0.25, -0.2) is 0 Å². The number of aromatic nitrogens is 1. The largest absolute Gasteiger partial charge is 0.465 e.